The Balaban J connectivity index is 2.04. The van der Waals surface area contributed by atoms with Crippen molar-refractivity contribution in [1.82, 2.24) is 4.98 Å². The first-order valence-electron chi connectivity index (χ1n) is 7.06. The van der Waals surface area contributed by atoms with Gasteiger partial charge in [0.2, 0.25) is 0 Å². The van der Waals surface area contributed by atoms with E-state index < -0.39 is 10.0 Å². The molecule has 0 unspecified atom stereocenters. The van der Waals surface area contributed by atoms with Crippen molar-refractivity contribution in [1.29, 1.82) is 5.26 Å². The molecule has 0 aliphatic carbocycles. The van der Waals surface area contributed by atoms with E-state index in [1.165, 1.54) is 47.2 Å². The predicted octanol–water partition coefficient (Wildman–Crippen LogP) is 2.94. The van der Waals surface area contributed by atoms with Crippen LogP contribution in [0.4, 0.5) is 5.69 Å². The first-order valence-corrected chi connectivity index (χ1v) is 8.50. The van der Waals surface area contributed by atoms with Gasteiger partial charge in [-0.3, -0.25) is 9.29 Å². The third kappa shape index (κ3) is 3.14. The summed E-state index contributed by atoms with van der Waals surface area (Å²) < 4.78 is 32.6. The van der Waals surface area contributed by atoms with E-state index in [0.717, 1.165) is 0 Å². The van der Waals surface area contributed by atoms with E-state index in [-0.39, 0.29) is 11.4 Å². The number of nitriles is 1. The van der Waals surface area contributed by atoms with Crippen LogP contribution >= 0.6 is 0 Å². The second kappa shape index (κ2) is 6.56. The number of hydrogen-bond acceptors (Lipinski definition) is 5. The van der Waals surface area contributed by atoms with Crippen LogP contribution in [0.25, 0.3) is 0 Å². The number of pyridine rings is 1. The summed E-state index contributed by atoms with van der Waals surface area (Å²) in [5.74, 6) is 0.518. The normalized spacial score (nSPS) is 11.0. The van der Waals surface area contributed by atoms with Gasteiger partial charge < -0.3 is 4.42 Å². The molecule has 0 aliphatic heterocycles. The fourth-order valence-corrected chi connectivity index (χ4v) is 3.63. The topological polar surface area (TPSA) is 87.2 Å². The van der Waals surface area contributed by atoms with Crippen molar-refractivity contribution < 1.29 is 12.8 Å². The van der Waals surface area contributed by atoms with E-state index >= 15 is 0 Å². The maximum atomic E-state index is 13.0. The van der Waals surface area contributed by atoms with Crippen molar-refractivity contribution in [3.05, 3.63) is 78.5 Å². The molecule has 0 amide bonds. The van der Waals surface area contributed by atoms with Crippen molar-refractivity contribution in [3.8, 4) is 6.07 Å². The highest BCUT2D eigenvalue weighted by molar-refractivity contribution is 7.92. The Hall–Kier alpha value is -3.11. The molecular formula is C17H13N3O3S. The lowest BCUT2D eigenvalue weighted by Gasteiger charge is -2.23. The van der Waals surface area contributed by atoms with Gasteiger partial charge in [-0.2, -0.15) is 5.26 Å². The number of benzene rings is 1. The summed E-state index contributed by atoms with van der Waals surface area (Å²) in [7, 11) is -3.82. The largest absolute Gasteiger partial charge is 0.467 e. The summed E-state index contributed by atoms with van der Waals surface area (Å²) in [6.07, 6.45) is 4.55. The maximum absolute atomic E-state index is 13.0. The van der Waals surface area contributed by atoms with Crippen LogP contribution in [0.2, 0.25) is 0 Å². The lowest BCUT2D eigenvalue weighted by Crippen LogP contribution is -2.30. The van der Waals surface area contributed by atoms with Crippen molar-refractivity contribution in [2.24, 2.45) is 0 Å². The van der Waals surface area contributed by atoms with Crippen LogP contribution in [0.3, 0.4) is 0 Å². The minimum atomic E-state index is -3.82. The molecule has 2 aromatic heterocycles. The first kappa shape index (κ1) is 15.8. The van der Waals surface area contributed by atoms with E-state index in [4.69, 9.17) is 9.68 Å². The molecule has 0 radical (unpaired) electrons. The Bertz CT molecular complexity index is 945. The van der Waals surface area contributed by atoms with Crippen molar-refractivity contribution in [3.63, 3.8) is 0 Å². The Morgan fingerprint density at radius 3 is 2.38 bits per heavy atom. The van der Waals surface area contributed by atoms with Crippen LogP contribution in [0.15, 0.2) is 76.5 Å². The fourth-order valence-electron chi connectivity index (χ4n) is 2.20. The molecule has 0 saturated carbocycles. The molecule has 0 bridgehead atoms. The zero-order valence-corrected chi connectivity index (χ0v) is 13.3. The van der Waals surface area contributed by atoms with Gasteiger partial charge in [-0.15, -0.1) is 0 Å². The average Bonchev–Trinajstić information content (AvgIpc) is 3.13. The lowest BCUT2D eigenvalue weighted by atomic mass is 10.2. The minimum Gasteiger partial charge on any atom is -0.467 e. The molecule has 1 aromatic carbocycles. The monoisotopic (exact) mass is 339 g/mol. The number of hydrogen-bond donors (Lipinski definition) is 0. The summed E-state index contributed by atoms with van der Waals surface area (Å²) in [4.78, 5) is 4.02. The molecule has 24 heavy (non-hydrogen) atoms. The molecule has 3 aromatic rings. The third-order valence-corrected chi connectivity index (χ3v) is 5.19. The Kier molecular flexibility index (Phi) is 4.31. The summed E-state index contributed by atoms with van der Waals surface area (Å²) >= 11 is 0. The van der Waals surface area contributed by atoms with E-state index in [1.807, 2.05) is 6.07 Å². The smallest absolute Gasteiger partial charge is 0.264 e. The van der Waals surface area contributed by atoms with Gasteiger partial charge in [0.15, 0.2) is 0 Å². The molecule has 120 valence electrons. The molecule has 0 saturated heterocycles. The van der Waals surface area contributed by atoms with E-state index in [2.05, 4.69) is 4.98 Å². The standard InChI is InChI=1S/C17H13N3O3S/c18-12-14-3-5-17(6-4-14)24(21,22)20(13-16-2-1-11-23-16)15-7-9-19-10-8-15/h1-11H,13H2. The van der Waals surface area contributed by atoms with E-state index in [9.17, 15) is 8.42 Å². The molecule has 6 nitrogen and oxygen atoms in total. The zero-order valence-electron chi connectivity index (χ0n) is 12.5. The van der Waals surface area contributed by atoms with Gasteiger partial charge in [-0.1, -0.05) is 0 Å². The van der Waals surface area contributed by atoms with Crippen LogP contribution in [-0.2, 0) is 16.6 Å². The maximum Gasteiger partial charge on any atom is 0.264 e. The van der Waals surface area contributed by atoms with Gasteiger partial charge in [-0.25, -0.2) is 8.42 Å². The summed E-state index contributed by atoms with van der Waals surface area (Å²) in [6, 6.07) is 14.4. The molecule has 0 aliphatic rings. The SMILES string of the molecule is N#Cc1ccc(S(=O)(=O)N(Cc2ccco2)c2ccncc2)cc1. The highest BCUT2D eigenvalue weighted by Gasteiger charge is 2.26. The molecule has 2 heterocycles. The van der Waals surface area contributed by atoms with Crippen LogP contribution < -0.4 is 4.31 Å². The van der Waals surface area contributed by atoms with Crippen molar-refractivity contribution >= 4 is 15.7 Å². The van der Waals surface area contributed by atoms with E-state index in [0.29, 0.717) is 17.0 Å². The van der Waals surface area contributed by atoms with Crippen LogP contribution in [0.1, 0.15) is 11.3 Å². The van der Waals surface area contributed by atoms with Gasteiger partial charge >= 0.3 is 0 Å². The molecule has 7 heteroatoms. The van der Waals surface area contributed by atoms with Crippen molar-refractivity contribution in [2.45, 2.75) is 11.4 Å². The zero-order chi connectivity index (χ0) is 17.0. The number of anilines is 1. The number of sulfonamides is 1. The number of nitrogens with zero attached hydrogens (tertiary/aromatic N) is 3. The number of aromatic nitrogens is 1. The summed E-state index contributed by atoms with van der Waals surface area (Å²) in [6.45, 7) is 0.0549. The second-order valence-electron chi connectivity index (χ2n) is 4.93. The number of furan rings is 1. The second-order valence-corrected chi connectivity index (χ2v) is 6.79. The van der Waals surface area contributed by atoms with Crippen LogP contribution in [0, 0.1) is 11.3 Å². The van der Waals surface area contributed by atoms with Gasteiger partial charge in [0, 0.05) is 12.4 Å². The van der Waals surface area contributed by atoms with Crippen molar-refractivity contribution in [2.75, 3.05) is 4.31 Å². The third-order valence-electron chi connectivity index (χ3n) is 3.40. The first-order chi connectivity index (χ1) is 11.6. The Morgan fingerprint density at radius 1 is 1.08 bits per heavy atom. The lowest BCUT2D eigenvalue weighted by molar-refractivity contribution is 0.508. The predicted molar refractivity (Wildman–Crippen MR) is 87.5 cm³/mol. The van der Waals surface area contributed by atoms with Gasteiger partial charge in [0.25, 0.3) is 10.0 Å². The van der Waals surface area contributed by atoms with Gasteiger partial charge in [-0.05, 0) is 48.5 Å². The van der Waals surface area contributed by atoms with E-state index in [1.54, 1.807) is 24.3 Å². The molecule has 3 rings (SSSR count). The Morgan fingerprint density at radius 2 is 1.79 bits per heavy atom. The molecular weight excluding hydrogens is 326 g/mol. The average molecular weight is 339 g/mol. The van der Waals surface area contributed by atoms with Crippen LogP contribution in [0.5, 0.6) is 0 Å². The summed E-state index contributed by atoms with van der Waals surface area (Å²) in [5.41, 5.74) is 0.876. The molecule has 0 spiro atoms. The highest BCUT2D eigenvalue weighted by Crippen LogP contribution is 2.25. The highest BCUT2D eigenvalue weighted by atomic mass is 32.2. The molecule has 0 N–H and O–H groups in total. The van der Waals surface area contributed by atoms with Gasteiger partial charge in [0.1, 0.15) is 5.76 Å². The minimum absolute atomic E-state index is 0.0549. The quantitative estimate of drug-likeness (QED) is 0.713. The fraction of sp³-hybridized carbons (Fsp3) is 0.0588. The molecule has 0 fully saturated rings. The molecule has 0 atom stereocenters. The Labute approximate surface area is 139 Å². The van der Waals surface area contributed by atoms with Crippen LogP contribution in [-0.4, -0.2) is 13.4 Å². The van der Waals surface area contributed by atoms with Gasteiger partial charge in [0.05, 0.1) is 35.0 Å². The summed E-state index contributed by atoms with van der Waals surface area (Å²) in [5, 5.41) is 8.86. The number of rotatable bonds is 5.